The highest BCUT2D eigenvalue weighted by molar-refractivity contribution is 6.02. The SMILES string of the molecule is C=CC1=C(/C=C\NC(=O)C(C)(C)CCOC(C)(C)CCOC)c2ccc(NC(=O)CCC(C)(C)OCCC(C)(C)OC)cc2C1COC(=O)ON1C(=O)CC(C)C1=O. The zero-order valence-electron chi connectivity index (χ0n) is 36.3. The maximum atomic E-state index is 13.3. The standard InChI is InChI=1S/C44H65N3O11/c1-13-31-33(17-22-45-39(51)41(3,4)19-24-56-44(9,10)20-23-53-11)32-15-14-30(46-36(48)16-18-43(7,8)57-25-21-42(5,6)54-12)27-34(32)35(31)28-55-40(52)58-47-37(49)26-29(2)38(47)50/h13-15,17,22,27,29,35H,1,16,18-21,23-26,28H2,2-12H3,(H,45,51)(H,46,48)/b22-17-. The number of benzene rings is 1. The van der Waals surface area contributed by atoms with Gasteiger partial charge >= 0.3 is 6.16 Å². The molecule has 0 bridgehead atoms. The molecule has 4 amide bonds. The number of anilines is 1. The van der Waals surface area contributed by atoms with Gasteiger partial charge in [0.15, 0.2) is 0 Å². The monoisotopic (exact) mass is 811 g/mol. The van der Waals surface area contributed by atoms with Gasteiger partial charge in [-0.1, -0.05) is 44.6 Å². The zero-order chi connectivity index (χ0) is 43.5. The predicted molar refractivity (Wildman–Crippen MR) is 220 cm³/mol. The smallest absolute Gasteiger partial charge is 0.432 e. The van der Waals surface area contributed by atoms with Crippen molar-refractivity contribution in [3.05, 3.63) is 59.8 Å². The van der Waals surface area contributed by atoms with Crippen LogP contribution in [0.3, 0.4) is 0 Å². The van der Waals surface area contributed by atoms with Gasteiger partial charge in [-0.2, -0.15) is 0 Å². The Morgan fingerprint density at radius 3 is 2.14 bits per heavy atom. The quantitative estimate of drug-likeness (QED) is 0.0835. The second kappa shape index (κ2) is 20.5. The molecular weight excluding hydrogens is 746 g/mol. The summed E-state index contributed by atoms with van der Waals surface area (Å²) < 4.78 is 28.3. The van der Waals surface area contributed by atoms with E-state index in [0.29, 0.717) is 66.5 Å². The summed E-state index contributed by atoms with van der Waals surface area (Å²) in [6.07, 6.45) is 6.28. The van der Waals surface area contributed by atoms with Crippen LogP contribution in [0.1, 0.15) is 118 Å². The summed E-state index contributed by atoms with van der Waals surface area (Å²) in [6.45, 7) is 22.4. The average Bonchev–Trinajstić information content (AvgIpc) is 3.57. The molecule has 1 fully saturated rings. The third-order valence-electron chi connectivity index (χ3n) is 10.7. The summed E-state index contributed by atoms with van der Waals surface area (Å²) >= 11 is 0. The van der Waals surface area contributed by atoms with Gasteiger partial charge in [0.1, 0.15) is 6.61 Å². The van der Waals surface area contributed by atoms with Gasteiger partial charge in [0.2, 0.25) is 11.8 Å². The summed E-state index contributed by atoms with van der Waals surface area (Å²) in [5.74, 6) is -2.84. The predicted octanol–water partition coefficient (Wildman–Crippen LogP) is 7.39. The highest BCUT2D eigenvalue weighted by Crippen LogP contribution is 2.44. The Labute approximate surface area is 344 Å². The van der Waals surface area contributed by atoms with Gasteiger partial charge in [-0.25, -0.2) is 4.79 Å². The largest absolute Gasteiger partial charge is 0.533 e. The molecule has 1 aliphatic heterocycles. The summed E-state index contributed by atoms with van der Waals surface area (Å²) in [6, 6.07) is 5.42. The summed E-state index contributed by atoms with van der Waals surface area (Å²) in [4.78, 5) is 68.8. The van der Waals surface area contributed by atoms with Crippen LogP contribution >= 0.6 is 0 Å². The molecule has 2 N–H and O–H groups in total. The number of hydrogen-bond acceptors (Lipinski definition) is 11. The lowest BCUT2D eigenvalue weighted by Gasteiger charge is -2.28. The molecule has 2 aliphatic rings. The van der Waals surface area contributed by atoms with E-state index in [2.05, 4.69) is 17.2 Å². The fourth-order valence-corrected chi connectivity index (χ4v) is 6.30. The van der Waals surface area contributed by atoms with Crippen molar-refractivity contribution in [1.29, 1.82) is 0 Å². The van der Waals surface area contributed by atoms with E-state index in [-0.39, 0.29) is 42.5 Å². The van der Waals surface area contributed by atoms with E-state index in [0.717, 1.165) is 12.0 Å². The number of allylic oxidation sites excluding steroid dienone is 3. The first-order valence-corrected chi connectivity index (χ1v) is 19.9. The number of hydrogen-bond donors (Lipinski definition) is 2. The molecule has 0 radical (unpaired) electrons. The first-order chi connectivity index (χ1) is 27.0. The molecule has 0 aromatic heterocycles. The number of fused-ring (bicyclic) bond motifs is 1. The molecule has 1 aromatic carbocycles. The van der Waals surface area contributed by atoms with E-state index in [1.54, 1.807) is 51.6 Å². The molecule has 14 nitrogen and oxygen atoms in total. The van der Waals surface area contributed by atoms with Crippen LogP contribution in [0.4, 0.5) is 10.5 Å². The van der Waals surface area contributed by atoms with Gasteiger partial charge in [-0.05, 0) is 108 Å². The van der Waals surface area contributed by atoms with Crippen LogP contribution in [-0.4, -0.2) is 92.3 Å². The minimum atomic E-state index is -1.22. The third-order valence-corrected chi connectivity index (χ3v) is 10.7. The van der Waals surface area contributed by atoms with Crippen LogP contribution in [0.2, 0.25) is 0 Å². The van der Waals surface area contributed by atoms with Gasteiger partial charge < -0.3 is 34.3 Å². The highest BCUT2D eigenvalue weighted by Gasteiger charge is 2.40. The average molecular weight is 812 g/mol. The topological polar surface area (TPSA) is 168 Å². The number of methoxy groups -OCH3 is 2. The molecule has 1 heterocycles. The number of carbonyl (C=O) groups is 5. The number of amides is 4. The molecule has 0 spiro atoms. The van der Waals surface area contributed by atoms with E-state index in [4.69, 9.17) is 28.5 Å². The van der Waals surface area contributed by atoms with Gasteiger partial charge in [-0.15, -0.1) is 0 Å². The number of hydroxylamine groups is 2. The zero-order valence-corrected chi connectivity index (χ0v) is 36.3. The van der Waals surface area contributed by atoms with Crippen molar-refractivity contribution >= 4 is 41.0 Å². The number of rotatable bonds is 23. The minimum Gasteiger partial charge on any atom is -0.432 e. The third kappa shape index (κ3) is 13.9. The Bertz CT molecular complexity index is 1730. The fraction of sp³-hybridized carbons (Fsp3) is 0.614. The Hall–Kier alpha value is -4.37. The summed E-state index contributed by atoms with van der Waals surface area (Å²) in [5.41, 5.74) is 1.41. The molecule has 322 valence electrons. The Morgan fingerprint density at radius 2 is 1.53 bits per heavy atom. The summed E-state index contributed by atoms with van der Waals surface area (Å²) in [5, 5.41) is 6.31. The fourth-order valence-electron chi connectivity index (χ4n) is 6.30. The van der Waals surface area contributed by atoms with Gasteiger partial charge in [0, 0.05) is 69.4 Å². The van der Waals surface area contributed by atoms with Crippen molar-refractivity contribution in [3.8, 4) is 0 Å². The lowest BCUT2D eigenvalue weighted by Crippen LogP contribution is -2.36. The minimum absolute atomic E-state index is 0.0680. The number of ether oxygens (including phenoxy) is 5. The van der Waals surface area contributed by atoms with Crippen molar-refractivity contribution in [2.24, 2.45) is 11.3 Å². The molecular formula is C44H65N3O11. The van der Waals surface area contributed by atoms with Crippen molar-refractivity contribution in [2.45, 2.75) is 124 Å². The first kappa shape index (κ1) is 48.0. The van der Waals surface area contributed by atoms with E-state index in [9.17, 15) is 24.0 Å². The van der Waals surface area contributed by atoms with E-state index in [1.165, 1.54) is 0 Å². The summed E-state index contributed by atoms with van der Waals surface area (Å²) in [7, 11) is 3.31. The van der Waals surface area contributed by atoms with Crippen LogP contribution in [0.15, 0.2) is 48.7 Å². The van der Waals surface area contributed by atoms with Gasteiger partial charge in [-0.3, -0.25) is 24.0 Å². The lowest BCUT2D eigenvalue weighted by atomic mass is 9.88. The molecule has 1 aromatic rings. The highest BCUT2D eigenvalue weighted by atomic mass is 16.8. The first-order valence-electron chi connectivity index (χ1n) is 19.9. The second-order valence-electron chi connectivity index (χ2n) is 17.4. The number of nitrogens with zero attached hydrogens (tertiary/aromatic N) is 1. The van der Waals surface area contributed by atoms with Crippen LogP contribution < -0.4 is 10.6 Å². The number of carbonyl (C=O) groups excluding carboxylic acids is 5. The van der Waals surface area contributed by atoms with Crippen molar-refractivity contribution < 1.29 is 52.5 Å². The van der Waals surface area contributed by atoms with Gasteiger partial charge in [0.25, 0.3) is 11.8 Å². The molecule has 14 heteroatoms. The van der Waals surface area contributed by atoms with E-state index < -0.39 is 40.8 Å². The van der Waals surface area contributed by atoms with Gasteiger partial charge in [0.05, 0.1) is 23.4 Å². The Morgan fingerprint density at radius 1 is 0.897 bits per heavy atom. The lowest BCUT2D eigenvalue weighted by molar-refractivity contribution is -0.178. The molecule has 1 aliphatic carbocycles. The van der Waals surface area contributed by atoms with E-state index >= 15 is 0 Å². The maximum Gasteiger partial charge on any atom is 0.533 e. The van der Waals surface area contributed by atoms with Crippen molar-refractivity contribution in [2.75, 3.05) is 46.0 Å². The van der Waals surface area contributed by atoms with Crippen molar-refractivity contribution in [3.63, 3.8) is 0 Å². The molecule has 58 heavy (non-hydrogen) atoms. The van der Waals surface area contributed by atoms with Crippen LogP contribution in [0.5, 0.6) is 0 Å². The second-order valence-corrected chi connectivity index (χ2v) is 17.4. The molecule has 2 atom stereocenters. The van der Waals surface area contributed by atoms with Crippen LogP contribution in [0, 0.1) is 11.3 Å². The Kier molecular flexibility index (Phi) is 17.0. The van der Waals surface area contributed by atoms with Crippen LogP contribution in [0.25, 0.3) is 5.57 Å². The number of imide groups is 1. The molecule has 2 unspecified atom stereocenters. The molecule has 1 saturated heterocycles. The van der Waals surface area contributed by atoms with Crippen molar-refractivity contribution in [1.82, 2.24) is 10.4 Å². The van der Waals surface area contributed by atoms with E-state index in [1.807, 2.05) is 61.5 Å². The molecule has 0 saturated carbocycles. The number of nitrogens with one attached hydrogen (secondary N) is 2. The molecule has 3 rings (SSSR count). The normalized spacial score (nSPS) is 17.5. The maximum absolute atomic E-state index is 13.3. The Balaban J connectivity index is 1.78. The van der Waals surface area contributed by atoms with Crippen LogP contribution in [-0.2, 0) is 47.7 Å².